The Morgan fingerprint density at radius 3 is 2.70 bits per heavy atom. The van der Waals surface area contributed by atoms with Crippen LogP contribution >= 0.6 is 0 Å². The zero-order valence-electron chi connectivity index (χ0n) is 13.8. The van der Waals surface area contributed by atoms with Gasteiger partial charge in [0, 0.05) is 19.8 Å². The van der Waals surface area contributed by atoms with Gasteiger partial charge in [-0.05, 0) is 38.3 Å². The molecule has 1 amide bonds. The lowest BCUT2D eigenvalue weighted by atomic mass is 9.81. The third-order valence-electron chi connectivity index (χ3n) is 4.22. The summed E-state index contributed by atoms with van der Waals surface area (Å²) in [5, 5.41) is 9.98. The van der Waals surface area contributed by atoms with Crippen LogP contribution in [-0.4, -0.2) is 49.8 Å². The Morgan fingerprint density at radius 1 is 1.48 bits per heavy atom. The number of aryl methyl sites for hydroxylation is 1. The quantitative estimate of drug-likeness (QED) is 0.651. The third kappa shape index (κ3) is 4.76. The van der Waals surface area contributed by atoms with Gasteiger partial charge in [-0.3, -0.25) is 9.48 Å². The summed E-state index contributed by atoms with van der Waals surface area (Å²) in [4.78, 5) is 12.2. The maximum Gasteiger partial charge on any atom is 0.244 e. The second kappa shape index (κ2) is 6.98. The van der Waals surface area contributed by atoms with Crippen LogP contribution in [0.25, 0.3) is 0 Å². The zero-order valence-corrected chi connectivity index (χ0v) is 14.6. The van der Waals surface area contributed by atoms with Gasteiger partial charge in [-0.2, -0.15) is 9.82 Å². The Bertz CT molecular complexity index is 649. The van der Waals surface area contributed by atoms with E-state index in [1.54, 1.807) is 7.05 Å². The molecule has 1 aromatic heterocycles. The molecule has 2 heterocycles. The van der Waals surface area contributed by atoms with Gasteiger partial charge in [-0.1, -0.05) is 6.92 Å². The number of nitrogens with zero attached hydrogens (tertiary/aromatic N) is 2. The molecule has 3 N–H and O–H groups in total. The van der Waals surface area contributed by atoms with Gasteiger partial charge in [0.2, 0.25) is 15.9 Å². The third-order valence-corrected chi connectivity index (χ3v) is 5.71. The van der Waals surface area contributed by atoms with Crippen molar-refractivity contribution in [3.63, 3.8) is 0 Å². The van der Waals surface area contributed by atoms with Crippen LogP contribution in [0.15, 0.2) is 17.3 Å². The van der Waals surface area contributed by atoms with Crippen LogP contribution in [0.1, 0.15) is 26.7 Å². The lowest BCUT2D eigenvalue weighted by Crippen LogP contribution is -2.49. The monoisotopic (exact) mass is 343 g/mol. The number of carbonyl (C=O) groups is 1. The Hall–Kier alpha value is -1.45. The molecule has 1 aliphatic rings. The highest BCUT2D eigenvalue weighted by Crippen LogP contribution is 2.26. The second-order valence-electron chi connectivity index (χ2n) is 6.47. The molecule has 1 saturated heterocycles. The molecule has 8 nitrogen and oxygen atoms in total. The molecule has 0 bridgehead atoms. The van der Waals surface area contributed by atoms with Crippen molar-refractivity contribution in [1.29, 1.82) is 0 Å². The van der Waals surface area contributed by atoms with Crippen LogP contribution in [0, 0.1) is 5.41 Å². The van der Waals surface area contributed by atoms with E-state index in [1.165, 1.54) is 24.0 Å². The molecule has 1 aliphatic heterocycles. The van der Waals surface area contributed by atoms with Crippen molar-refractivity contribution in [2.75, 3.05) is 19.6 Å². The van der Waals surface area contributed by atoms with Gasteiger partial charge in [0.15, 0.2) is 0 Å². The van der Waals surface area contributed by atoms with Crippen molar-refractivity contribution in [3.05, 3.63) is 12.4 Å². The summed E-state index contributed by atoms with van der Waals surface area (Å²) in [6.07, 6.45) is 4.62. The number of piperidine rings is 1. The van der Waals surface area contributed by atoms with E-state index >= 15 is 0 Å². The standard InChI is InChI=1S/C14H25N5O3S/c1-11(18-23(21,22)12-8-17-19(3)9-12)13(20)16-10-14(2)4-6-15-7-5-14/h8-9,11,15,18H,4-7,10H2,1-3H3,(H,16,20). The van der Waals surface area contributed by atoms with Crippen LogP contribution in [-0.2, 0) is 21.9 Å². The maximum absolute atomic E-state index is 12.2. The SMILES string of the molecule is CC(NS(=O)(=O)c1cnn(C)c1)C(=O)NCC1(C)CCNCC1. The van der Waals surface area contributed by atoms with Gasteiger partial charge in [-0.25, -0.2) is 8.42 Å². The molecule has 1 atom stereocenters. The number of sulfonamides is 1. The normalized spacial score (nSPS) is 19.3. The van der Waals surface area contributed by atoms with Crippen molar-refractivity contribution in [1.82, 2.24) is 25.1 Å². The van der Waals surface area contributed by atoms with E-state index in [0.717, 1.165) is 25.9 Å². The molecular formula is C14H25N5O3S. The number of nitrogens with one attached hydrogen (secondary N) is 3. The molecule has 1 unspecified atom stereocenters. The summed E-state index contributed by atoms with van der Waals surface area (Å²) in [6, 6.07) is -0.842. The summed E-state index contributed by atoms with van der Waals surface area (Å²) in [7, 11) is -2.11. The fraction of sp³-hybridized carbons (Fsp3) is 0.714. The number of rotatable bonds is 6. The van der Waals surface area contributed by atoms with Crippen LogP contribution in [0.3, 0.4) is 0 Å². The van der Waals surface area contributed by atoms with Crippen molar-refractivity contribution in [3.8, 4) is 0 Å². The average Bonchev–Trinajstić information content (AvgIpc) is 2.93. The molecule has 9 heteroatoms. The first-order valence-corrected chi connectivity index (χ1v) is 9.20. The molecule has 0 saturated carbocycles. The van der Waals surface area contributed by atoms with E-state index < -0.39 is 16.1 Å². The van der Waals surface area contributed by atoms with Crippen molar-refractivity contribution in [2.24, 2.45) is 12.5 Å². The lowest BCUT2D eigenvalue weighted by molar-refractivity contribution is -0.122. The predicted octanol–water partition coefficient (Wildman–Crippen LogP) is -0.407. The summed E-state index contributed by atoms with van der Waals surface area (Å²) in [5.74, 6) is -0.322. The van der Waals surface area contributed by atoms with E-state index in [4.69, 9.17) is 0 Å². The first-order valence-electron chi connectivity index (χ1n) is 7.71. The molecular weight excluding hydrogens is 318 g/mol. The Kier molecular flexibility index (Phi) is 5.43. The first-order chi connectivity index (χ1) is 10.7. The Balaban J connectivity index is 1.89. The van der Waals surface area contributed by atoms with Crippen LogP contribution in [0.4, 0.5) is 0 Å². The highest BCUT2D eigenvalue weighted by molar-refractivity contribution is 7.89. The Labute approximate surface area is 137 Å². The lowest BCUT2D eigenvalue weighted by Gasteiger charge is -2.34. The summed E-state index contributed by atoms with van der Waals surface area (Å²) >= 11 is 0. The number of hydrogen-bond donors (Lipinski definition) is 3. The van der Waals surface area contributed by atoms with Gasteiger partial charge in [0.25, 0.3) is 0 Å². The number of hydrogen-bond acceptors (Lipinski definition) is 5. The van der Waals surface area contributed by atoms with Gasteiger partial charge >= 0.3 is 0 Å². The molecule has 130 valence electrons. The van der Waals surface area contributed by atoms with Gasteiger partial charge < -0.3 is 10.6 Å². The zero-order chi connectivity index (χ0) is 17.1. The van der Waals surface area contributed by atoms with Gasteiger partial charge in [-0.15, -0.1) is 0 Å². The minimum atomic E-state index is -3.75. The van der Waals surface area contributed by atoms with E-state index in [0.29, 0.717) is 6.54 Å². The van der Waals surface area contributed by atoms with Crippen LogP contribution in [0.5, 0.6) is 0 Å². The largest absolute Gasteiger partial charge is 0.354 e. The first kappa shape index (κ1) is 17.9. The topological polar surface area (TPSA) is 105 Å². The molecule has 0 radical (unpaired) electrons. The molecule has 0 spiro atoms. The predicted molar refractivity (Wildman–Crippen MR) is 86.2 cm³/mol. The molecule has 23 heavy (non-hydrogen) atoms. The van der Waals surface area contributed by atoms with Crippen LogP contribution < -0.4 is 15.4 Å². The summed E-state index contributed by atoms with van der Waals surface area (Å²) < 4.78 is 28.1. The fourth-order valence-electron chi connectivity index (χ4n) is 2.55. The van der Waals surface area contributed by atoms with Gasteiger partial charge in [0.1, 0.15) is 4.90 Å². The number of amides is 1. The Morgan fingerprint density at radius 2 is 2.13 bits per heavy atom. The minimum Gasteiger partial charge on any atom is -0.354 e. The van der Waals surface area contributed by atoms with E-state index in [2.05, 4.69) is 27.4 Å². The van der Waals surface area contributed by atoms with E-state index in [-0.39, 0.29) is 16.2 Å². The minimum absolute atomic E-state index is 0.0463. The highest BCUT2D eigenvalue weighted by Gasteiger charge is 2.29. The maximum atomic E-state index is 12.2. The van der Waals surface area contributed by atoms with Crippen LogP contribution in [0.2, 0.25) is 0 Å². The molecule has 1 fully saturated rings. The smallest absolute Gasteiger partial charge is 0.244 e. The van der Waals surface area contributed by atoms with E-state index in [1.807, 2.05) is 0 Å². The summed E-state index contributed by atoms with van der Waals surface area (Å²) in [5.41, 5.74) is 0.0584. The molecule has 1 aromatic rings. The van der Waals surface area contributed by atoms with E-state index in [9.17, 15) is 13.2 Å². The van der Waals surface area contributed by atoms with Crippen molar-refractivity contribution in [2.45, 2.75) is 37.6 Å². The second-order valence-corrected chi connectivity index (χ2v) is 8.19. The molecule has 2 rings (SSSR count). The highest BCUT2D eigenvalue weighted by atomic mass is 32.2. The fourth-order valence-corrected chi connectivity index (χ4v) is 3.74. The summed E-state index contributed by atoms with van der Waals surface area (Å²) in [6.45, 7) is 6.10. The molecule has 0 aromatic carbocycles. The molecule has 0 aliphatic carbocycles. The van der Waals surface area contributed by atoms with Crippen molar-refractivity contribution < 1.29 is 13.2 Å². The average molecular weight is 343 g/mol. The number of aromatic nitrogens is 2. The van der Waals surface area contributed by atoms with Gasteiger partial charge in [0.05, 0.1) is 12.2 Å². The van der Waals surface area contributed by atoms with Crippen molar-refractivity contribution >= 4 is 15.9 Å². The number of carbonyl (C=O) groups excluding carboxylic acids is 1.